The van der Waals surface area contributed by atoms with Crippen molar-refractivity contribution in [1.29, 1.82) is 0 Å². The molecule has 1 unspecified atom stereocenters. The summed E-state index contributed by atoms with van der Waals surface area (Å²) in [5.41, 5.74) is -0.282. The highest BCUT2D eigenvalue weighted by Gasteiger charge is 2.13. The van der Waals surface area contributed by atoms with Crippen LogP contribution in [0.5, 0.6) is 0 Å². The van der Waals surface area contributed by atoms with Crippen LogP contribution in [0.25, 0.3) is 0 Å². The van der Waals surface area contributed by atoms with Crippen molar-refractivity contribution in [3.05, 3.63) is 33.3 Å². The number of nitro groups is 1. The van der Waals surface area contributed by atoms with Crippen molar-refractivity contribution >= 4 is 28.4 Å². The van der Waals surface area contributed by atoms with E-state index in [4.69, 9.17) is 16.2 Å². The zero-order valence-electron chi connectivity index (χ0n) is 6.14. The van der Waals surface area contributed by atoms with Gasteiger partial charge in [-0.2, -0.15) is 0 Å². The van der Waals surface area contributed by atoms with E-state index in [1.807, 2.05) is 0 Å². The van der Waals surface area contributed by atoms with E-state index < -0.39 is 16.0 Å². The van der Waals surface area contributed by atoms with Gasteiger partial charge in [0.15, 0.2) is 11.1 Å². The zero-order chi connectivity index (χ0) is 10.0. The van der Waals surface area contributed by atoms with Crippen LogP contribution in [0.3, 0.4) is 0 Å². The van der Waals surface area contributed by atoms with Crippen LogP contribution >= 0.6 is 11.6 Å². The molecule has 0 saturated carbocycles. The standard InChI is InChI=1S/C6H4ClNO4S/c7-5-3-4(13(11)12)1-2-6(5)8(9)10/h1-3H,(H,11,12). The van der Waals surface area contributed by atoms with Gasteiger partial charge in [0.2, 0.25) is 0 Å². The van der Waals surface area contributed by atoms with Gasteiger partial charge in [0.25, 0.3) is 5.69 Å². The molecule has 7 heteroatoms. The molecule has 0 radical (unpaired) electrons. The largest absolute Gasteiger partial charge is 0.302 e. The van der Waals surface area contributed by atoms with Crippen molar-refractivity contribution in [2.45, 2.75) is 4.90 Å². The number of hydrogen-bond acceptors (Lipinski definition) is 3. The van der Waals surface area contributed by atoms with Gasteiger partial charge in [-0.3, -0.25) is 10.1 Å². The fourth-order valence-electron chi connectivity index (χ4n) is 0.744. The third-order valence-electron chi connectivity index (χ3n) is 1.32. The smallest absolute Gasteiger partial charge is 0.287 e. The minimum absolute atomic E-state index is 0.0376. The molecular formula is C6H4ClNO4S. The van der Waals surface area contributed by atoms with Crippen LogP contribution in [0.1, 0.15) is 0 Å². The topological polar surface area (TPSA) is 80.4 Å². The molecule has 1 aromatic carbocycles. The summed E-state index contributed by atoms with van der Waals surface area (Å²) in [5, 5.41) is 10.1. The summed E-state index contributed by atoms with van der Waals surface area (Å²) in [6, 6.07) is 3.36. The van der Waals surface area contributed by atoms with E-state index >= 15 is 0 Å². The predicted octanol–water partition coefficient (Wildman–Crippen LogP) is 1.83. The minimum atomic E-state index is -2.17. The summed E-state index contributed by atoms with van der Waals surface area (Å²) in [7, 11) is 0. The fourth-order valence-corrected chi connectivity index (χ4v) is 1.46. The summed E-state index contributed by atoms with van der Waals surface area (Å²) < 4.78 is 19.1. The predicted molar refractivity (Wildman–Crippen MR) is 47.1 cm³/mol. The van der Waals surface area contributed by atoms with Crippen LogP contribution in [0.4, 0.5) is 5.69 Å². The van der Waals surface area contributed by atoms with E-state index in [1.165, 1.54) is 6.07 Å². The molecule has 0 aliphatic rings. The first kappa shape index (κ1) is 10.1. The molecule has 1 aromatic rings. The lowest BCUT2D eigenvalue weighted by Gasteiger charge is -1.96. The fraction of sp³-hybridized carbons (Fsp3) is 0. The van der Waals surface area contributed by atoms with Crippen molar-refractivity contribution in [2.24, 2.45) is 0 Å². The Morgan fingerprint density at radius 2 is 2.15 bits per heavy atom. The normalized spacial score (nSPS) is 12.5. The molecule has 0 saturated heterocycles. The molecule has 13 heavy (non-hydrogen) atoms. The van der Waals surface area contributed by atoms with Gasteiger partial charge >= 0.3 is 0 Å². The van der Waals surface area contributed by atoms with Crippen molar-refractivity contribution in [3.63, 3.8) is 0 Å². The molecule has 1 atom stereocenters. The van der Waals surface area contributed by atoms with Crippen LogP contribution in [0, 0.1) is 10.1 Å². The van der Waals surface area contributed by atoms with E-state index in [2.05, 4.69) is 0 Å². The van der Waals surface area contributed by atoms with Crippen LogP contribution < -0.4 is 0 Å². The molecule has 0 spiro atoms. The summed E-state index contributed by atoms with van der Waals surface area (Å²) in [4.78, 5) is 9.66. The monoisotopic (exact) mass is 221 g/mol. The first-order chi connectivity index (χ1) is 6.02. The summed E-state index contributed by atoms with van der Waals surface area (Å²) >= 11 is 3.31. The Bertz CT molecular complexity index is 381. The van der Waals surface area contributed by atoms with E-state index in [9.17, 15) is 14.3 Å². The maximum Gasteiger partial charge on any atom is 0.287 e. The summed E-state index contributed by atoms with van der Waals surface area (Å²) in [6.07, 6.45) is 0. The maximum absolute atomic E-state index is 10.5. The first-order valence-electron chi connectivity index (χ1n) is 3.07. The van der Waals surface area contributed by atoms with Crippen LogP contribution in [0.2, 0.25) is 5.02 Å². The second-order valence-corrected chi connectivity index (χ2v) is 3.50. The molecule has 0 aromatic heterocycles. The Morgan fingerprint density at radius 3 is 2.54 bits per heavy atom. The van der Waals surface area contributed by atoms with E-state index in [-0.39, 0.29) is 15.6 Å². The Balaban J connectivity index is 3.20. The molecule has 0 aliphatic heterocycles. The maximum atomic E-state index is 10.5. The lowest BCUT2D eigenvalue weighted by molar-refractivity contribution is -0.384. The lowest BCUT2D eigenvalue weighted by atomic mass is 10.3. The second-order valence-electron chi connectivity index (χ2n) is 2.12. The quantitative estimate of drug-likeness (QED) is 0.469. The van der Waals surface area contributed by atoms with Gasteiger partial charge < -0.3 is 4.55 Å². The molecule has 0 heterocycles. The Kier molecular flexibility index (Phi) is 2.97. The number of hydrogen-bond donors (Lipinski definition) is 1. The van der Waals surface area contributed by atoms with E-state index in [1.54, 1.807) is 0 Å². The molecule has 1 N–H and O–H groups in total. The Morgan fingerprint density at radius 1 is 1.54 bits per heavy atom. The van der Waals surface area contributed by atoms with Crippen LogP contribution in [0.15, 0.2) is 23.1 Å². The molecule has 0 bridgehead atoms. The number of halogens is 1. The highest BCUT2D eigenvalue weighted by molar-refractivity contribution is 7.79. The second kappa shape index (κ2) is 3.82. The van der Waals surface area contributed by atoms with Gasteiger partial charge in [-0.1, -0.05) is 11.6 Å². The van der Waals surface area contributed by atoms with Gasteiger partial charge in [0, 0.05) is 6.07 Å². The third kappa shape index (κ3) is 2.24. The van der Waals surface area contributed by atoms with Crippen LogP contribution in [-0.4, -0.2) is 13.7 Å². The first-order valence-corrected chi connectivity index (χ1v) is 4.55. The third-order valence-corrected chi connectivity index (χ3v) is 2.28. The number of benzene rings is 1. The van der Waals surface area contributed by atoms with Gasteiger partial charge in [-0.15, -0.1) is 0 Å². The van der Waals surface area contributed by atoms with Crippen molar-refractivity contribution in [2.75, 3.05) is 0 Å². The molecular weight excluding hydrogens is 218 g/mol. The van der Waals surface area contributed by atoms with Gasteiger partial charge in [0.1, 0.15) is 5.02 Å². The molecule has 0 amide bonds. The minimum Gasteiger partial charge on any atom is -0.302 e. The Labute approximate surface area is 80.8 Å². The average molecular weight is 222 g/mol. The molecule has 70 valence electrons. The molecule has 0 aliphatic carbocycles. The van der Waals surface area contributed by atoms with Crippen molar-refractivity contribution in [3.8, 4) is 0 Å². The van der Waals surface area contributed by atoms with Crippen LogP contribution in [-0.2, 0) is 11.1 Å². The van der Waals surface area contributed by atoms with E-state index in [0.29, 0.717) is 0 Å². The summed E-state index contributed by atoms with van der Waals surface area (Å²) in [6.45, 7) is 0. The molecule has 0 fully saturated rings. The van der Waals surface area contributed by atoms with Crippen molar-refractivity contribution < 1.29 is 13.7 Å². The molecule has 1 rings (SSSR count). The average Bonchev–Trinajstić information content (AvgIpc) is 2.03. The van der Waals surface area contributed by atoms with E-state index in [0.717, 1.165) is 12.1 Å². The van der Waals surface area contributed by atoms with Gasteiger partial charge in [-0.25, -0.2) is 4.21 Å². The van der Waals surface area contributed by atoms with Gasteiger partial charge in [0.05, 0.1) is 9.82 Å². The summed E-state index contributed by atoms with van der Waals surface area (Å²) in [5.74, 6) is 0. The van der Waals surface area contributed by atoms with Gasteiger partial charge in [-0.05, 0) is 12.1 Å². The highest BCUT2D eigenvalue weighted by atomic mass is 35.5. The SMILES string of the molecule is O=[N+]([O-])c1ccc(S(=O)O)cc1Cl. The lowest BCUT2D eigenvalue weighted by Crippen LogP contribution is -1.92. The van der Waals surface area contributed by atoms with Crippen molar-refractivity contribution in [1.82, 2.24) is 0 Å². The zero-order valence-corrected chi connectivity index (χ0v) is 7.71. The molecule has 5 nitrogen and oxygen atoms in total. The highest BCUT2D eigenvalue weighted by Crippen LogP contribution is 2.25. The number of nitrogens with zero attached hydrogens (tertiary/aromatic N) is 1. The number of nitro benzene ring substituents is 1. The Hall–Kier alpha value is -0.980. The number of rotatable bonds is 2.